The Morgan fingerprint density at radius 2 is 1.84 bits per heavy atom. The van der Waals surface area contributed by atoms with E-state index in [1.54, 1.807) is 36.4 Å². The molecule has 2 aromatic carbocycles. The number of amidine groups is 1. The van der Waals surface area contributed by atoms with Gasteiger partial charge >= 0.3 is 0 Å². The van der Waals surface area contributed by atoms with Crippen LogP contribution in [0.5, 0.6) is 0 Å². The topological polar surface area (TPSA) is 58.6 Å². The minimum Gasteiger partial charge on any atom is -0.409 e. The Hall–Kier alpha value is -1.53. The number of nitrogens with zero attached hydrogens (tertiary/aromatic N) is 1. The van der Waals surface area contributed by atoms with Gasteiger partial charge in [0.2, 0.25) is 0 Å². The Morgan fingerprint density at radius 3 is 2.53 bits per heavy atom. The van der Waals surface area contributed by atoms with Gasteiger partial charge in [-0.3, -0.25) is 0 Å². The van der Waals surface area contributed by atoms with Crippen molar-refractivity contribution >= 4 is 33.5 Å². The van der Waals surface area contributed by atoms with Crippen molar-refractivity contribution in [3.8, 4) is 0 Å². The highest BCUT2D eigenvalue weighted by atomic mass is 79.9. The van der Waals surface area contributed by atoms with Crippen molar-refractivity contribution in [2.24, 2.45) is 10.9 Å². The van der Waals surface area contributed by atoms with Gasteiger partial charge in [0.15, 0.2) is 5.84 Å². The van der Waals surface area contributed by atoms with Crippen LogP contribution in [0.15, 0.2) is 61.9 Å². The van der Waals surface area contributed by atoms with Crippen LogP contribution < -0.4 is 5.73 Å². The monoisotopic (exact) mass is 340 g/mol. The Morgan fingerprint density at radius 1 is 1.16 bits per heavy atom. The quantitative estimate of drug-likeness (QED) is 0.386. The van der Waals surface area contributed by atoms with Gasteiger partial charge in [-0.2, -0.15) is 0 Å². The van der Waals surface area contributed by atoms with Crippen LogP contribution in [0.4, 0.5) is 4.39 Å². The molecule has 0 unspecified atom stereocenters. The molecule has 0 bridgehead atoms. The number of hydrogen-bond acceptors (Lipinski definition) is 3. The standard InChI is InChI=1S/C13H10BrFN2OS/c14-8-4-3-7-11(12(8)13(16)17-18)19-10-6-2-1-5-9(10)15/h1-7,18H,(H2,16,17). The van der Waals surface area contributed by atoms with E-state index in [-0.39, 0.29) is 11.7 Å². The number of nitrogens with two attached hydrogens (primary N) is 1. The van der Waals surface area contributed by atoms with E-state index in [1.807, 2.05) is 0 Å². The molecule has 0 aliphatic rings. The highest BCUT2D eigenvalue weighted by Crippen LogP contribution is 2.34. The predicted octanol–water partition coefficient (Wildman–Crippen LogP) is 3.83. The Bertz CT molecular complexity index is 634. The van der Waals surface area contributed by atoms with Crippen molar-refractivity contribution < 1.29 is 9.60 Å². The van der Waals surface area contributed by atoms with Crippen LogP contribution in [0.25, 0.3) is 0 Å². The maximum absolute atomic E-state index is 13.6. The number of oxime groups is 1. The summed E-state index contributed by atoms with van der Waals surface area (Å²) in [6, 6.07) is 11.8. The van der Waals surface area contributed by atoms with E-state index in [4.69, 9.17) is 10.9 Å². The van der Waals surface area contributed by atoms with Gasteiger partial charge in [-0.05, 0) is 40.2 Å². The fourth-order valence-corrected chi connectivity index (χ4v) is 3.25. The lowest BCUT2D eigenvalue weighted by Crippen LogP contribution is -2.15. The third-order valence-electron chi connectivity index (χ3n) is 2.40. The fourth-order valence-electron chi connectivity index (χ4n) is 1.53. The molecule has 0 aliphatic heterocycles. The summed E-state index contributed by atoms with van der Waals surface area (Å²) in [6.45, 7) is 0. The summed E-state index contributed by atoms with van der Waals surface area (Å²) in [5.41, 5.74) is 6.19. The molecule has 3 nitrogen and oxygen atoms in total. The molecule has 0 fully saturated rings. The molecular weight excluding hydrogens is 331 g/mol. The second kappa shape index (κ2) is 6.08. The highest BCUT2D eigenvalue weighted by molar-refractivity contribution is 9.10. The molecule has 0 spiro atoms. The van der Waals surface area contributed by atoms with Gasteiger partial charge in [0.05, 0.1) is 0 Å². The van der Waals surface area contributed by atoms with E-state index in [2.05, 4.69) is 21.1 Å². The molecule has 0 aliphatic carbocycles. The number of halogens is 2. The first-order valence-corrected chi connectivity index (χ1v) is 6.93. The molecule has 2 aromatic rings. The third-order valence-corrected chi connectivity index (χ3v) is 4.17. The average molecular weight is 341 g/mol. The van der Waals surface area contributed by atoms with Crippen molar-refractivity contribution in [2.75, 3.05) is 0 Å². The van der Waals surface area contributed by atoms with Gasteiger partial charge < -0.3 is 10.9 Å². The SMILES string of the molecule is N/C(=N/O)c1c(Br)cccc1Sc1ccccc1F. The van der Waals surface area contributed by atoms with E-state index in [0.717, 1.165) is 0 Å². The van der Waals surface area contributed by atoms with Crippen LogP contribution in [-0.4, -0.2) is 11.0 Å². The Kier molecular flexibility index (Phi) is 4.44. The van der Waals surface area contributed by atoms with E-state index in [1.165, 1.54) is 17.8 Å². The summed E-state index contributed by atoms with van der Waals surface area (Å²) < 4.78 is 14.3. The summed E-state index contributed by atoms with van der Waals surface area (Å²) in [5, 5.41) is 11.8. The highest BCUT2D eigenvalue weighted by Gasteiger charge is 2.13. The molecular formula is C13H10BrFN2OS. The first kappa shape index (κ1) is 13.9. The summed E-state index contributed by atoms with van der Waals surface area (Å²) >= 11 is 4.56. The zero-order chi connectivity index (χ0) is 13.8. The van der Waals surface area contributed by atoms with E-state index >= 15 is 0 Å². The van der Waals surface area contributed by atoms with Crippen LogP contribution in [0.2, 0.25) is 0 Å². The van der Waals surface area contributed by atoms with Gasteiger partial charge in [0.25, 0.3) is 0 Å². The second-order valence-electron chi connectivity index (χ2n) is 3.63. The molecule has 0 saturated heterocycles. The molecule has 0 saturated carbocycles. The lowest BCUT2D eigenvalue weighted by atomic mass is 10.2. The van der Waals surface area contributed by atoms with Crippen molar-refractivity contribution in [3.05, 3.63) is 58.3 Å². The lowest BCUT2D eigenvalue weighted by Gasteiger charge is -2.10. The molecule has 2 rings (SSSR count). The van der Waals surface area contributed by atoms with Crippen LogP contribution in [0.3, 0.4) is 0 Å². The lowest BCUT2D eigenvalue weighted by molar-refractivity contribution is 0.318. The second-order valence-corrected chi connectivity index (χ2v) is 5.57. The zero-order valence-corrected chi connectivity index (χ0v) is 12.1. The smallest absolute Gasteiger partial charge is 0.172 e. The summed E-state index contributed by atoms with van der Waals surface area (Å²) in [5.74, 6) is -0.329. The molecule has 98 valence electrons. The first-order chi connectivity index (χ1) is 9.13. The fraction of sp³-hybridized carbons (Fsp3) is 0. The van der Waals surface area contributed by atoms with Crippen molar-refractivity contribution in [3.63, 3.8) is 0 Å². The minimum absolute atomic E-state index is 0.0219. The number of rotatable bonds is 3. The zero-order valence-electron chi connectivity index (χ0n) is 9.68. The molecule has 6 heteroatoms. The molecule has 0 heterocycles. The largest absolute Gasteiger partial charge is 0.409 e. The van der Waals surface area contributed by atoms with Gasteiger partial charge in [0, 0.05) is 19.8 Å². The Balaban J connectivity index is 2.47. The maximum Gasteiger partial charge on any atom is 0.172 e. The van der Waals surface area contributed by atoms with Crippen LogP contribution >= 0.6 is 27.7 Å². The minimum atomic E-state index is -0.307. The first-order valence-electron chi connectivity index (χ1n) is 5.32. The van der Waals surface area contributed by atoms with Gasteiger partial charge in [0.1, 0.15) is 5.82 Å². The van der Waals surface area contributed by atoms with Gasteiger partial charge in [-0.25, -0.2) is 4.39 Å². The predicted molar refractivity (Wildman–Crippen MR) is 77.2 cm³/mol. The van der Waals surface area contributed by atoms with Gasteiger partial charge in [-0.1, -0.05) is 35.1 Å². The average Bonchev–Trinajstić information content (AvgIpc) is 2.41. The van der Waals surface area contributed by atoms with Crippen molar-refractivity contribution in [1.82, 2.24) is 0 Å². The number of hydrogen-bond donors (Lipinski definition) is 2. The van der Waals surface area contributed by atoms with Crippen molar-refractivity contribution in [1.29, 1.82) is 0 Å². The molecule has 0 amide bonds. The summed E-state index contributed by atoms with van der Waals surface area (Å²) in [7, 11) is 0. The molecule has 3 N–H and O–H groups in total. The van der Waals surface area contributed by atoms with Crippen molar-refractivity contribution in [2.45, 2.75) is 9.79 Å². The molecule has 0 atom stereocenters. The van der Waals surface area contributed by atoms with E-state index in [0.29, 0.717) is 19.8 Å². The molecule has 0 aromatic heterocycles. The maximum atomic E-state index is 13.6. The van der Waals surface area contributed by atoms with Crippen LogP contribution in [0.1, 0.15) is 5.56 Å². The Labute approximate surface area is 122 Å². The van der Waals surface area contributed by atoms with Crippen LogP contribution in [-0.2, 0) is 0 Å². The third kappa shape index (κ3) is 3.08. The number of benzene rings is 2. The molecule has 19 heavy (non-hydrogen) atoms. The van der Waals surface area contributed by atoms with Crippen LogP contribution in [0, 0.1) is 5.82 Å². The van der Waals surface area contributed by atoms with Gasteiger partial charge in [-0.15, -0.1) is 0 Å². The van der Waals surface area contributed by atoms with E-state index in [9.17, 15) is 4.39 Å². The molecule has 0 radical (unpaired) electrons. The normalized spacial score (nSPS) is 11.6. The summed E-state index contributed by atoms with van der Waals surface area (Å²) in [6.07, 6.45) is 0. The summed E-state index contributed by atoms with van der Waals surface area (Å²) in [4.78, 5) is 1.18. The van der Waals surface area contributed by atoms with E-state index < -0.39 is 0 Å².